The summed E-state index contributed by atoms with van der Waals surface area (Å²) in [7, 11) is 0. The van der Waals surface area contributed by atoms with E-state index in [1.165, 1.54) is 0 Å². The van der Waals surface area contributed by atoms with Crippen LogP contribution in [0.25, 0.3) is 0 Å². The van der Waals surface area contributed by atoms with Crippen molar-refractivity contribution in [2.45, 2.75) is 2.84 Å². The third-order valence-corrected chi connectivity index (χ3v) is 0. The second-order valence-corrected chi connectivity index (χ2v) is 4.06. The number of rotatable bonds is 0. The van der Waals surface area contributed by atoms with Gasteiger partial charge in [-0.1, -0.05) is 23.2 Å². The van der Waals surface area contributed by atoms with Gasteiger partial charge in [-0.25, -0.2) is 0 Å². The molecular weight excluding hydrogens is 450 g/mol. The summed E-state index contributed by atoms with van der Waals surface area (Å²) in [5.41, 5.74) is 0. The Morgan fingerprint density at radius 1 is 1.00 bits per heavy atom. The van der Waals surface area contributed by atoms with E-state index in [4.69, 9.17) is 23.2 Å². The topological polar surface area (TPSA) is 0 Å². The van der Waals surface area contributed by atoms with Gasteiger partial charge in [0.1, 0.15) is 0 Å². The van der Waals surface area contributed by atoms with E-state index in [1.807, 2.05) is 22.6 Å². The van der Waals surface area contributed by atoms with Gasteiger partial charge in [0.2, 0.25) is 0 Å². The molecule has 0 aromatic heterocycles. The van der Waals surface area contributed by atoms with E-state index >= 15 is 0 Å². The van der Waals surface area contributed by atoms with Crippen LogP contribution >= 0.6 is 96.7 Å². The molecule has 0 fully saturated rings. The molecule has 6 heteroatoms. The molecule has 0 atom stereocenters. The van der Waals surface area contributed by atoms with E-state index in [2.05, 4.69) is 0 Å². The van der Waals surface area contributed by atoms with Crippen molar-refractivity contribution < 1.29 is 0 Å². The SMILES string of the molecule is Br.Br.Br.ClC(Cl)I. The number of hydrogen-bond donors (Lipinski definition) is 0. The molecule has 0 aliphatic rings. The number of halogens is 6. The van der Waals surface area contributed by atoms with Gasteiger partial charge >= 0.3 is 0 Å². The van der Waals surface area contributed by atoms with E-state index in [-0.39, 0.29) is 53.8 Å². The van der Waals surface area contributed by atoms with Crippen molar-refractivity contribution in [1.29, 1.82) is 0 Å². The van der Waals surface area contributed by atoms with Crippen molar-refractivity contribution in [1.82, 2.24) is 0 Å². The molecule has 0 rings (SSSR count). The van der Waals surface area contributed by atoms with Crippen LogP contribution in [-0.4, -0.2) is 2.84 Å². The molecule has 0 aromatic carbocycles. The molecule has 0 saturated carbocycles. The van der Waals surface area contributed by atoms with E-state index in [0.29, 0.717) is 0 Å². The Bertz CT molecular complexity index is 17.7. The molecule has 0 bridgehead atoms. The highest BCUT2D eigenvalue weighted by molar-refractivity contribution is 14.1. The summed E-state index contributed by atoms with van der Waals surface area (Å²) >= 11 is 11.9. The van der Waals surface area contributed by atoms with Crippen LogP contribution in [0, 0.1) is 0 Å². The first-order valence-electron chi connectivity index (χ1n) is 0.655. The Labute approximate surface area is 98.1 Å². The quantitative estimate of drug-likeness (QED) is 0.385. The van der Waals surface area contributed by atoms with Crippen molar-refractivity contribution in [3.05, 3.63) is 0 Å². The number of alkyl halides is 3. The Morgan fingerprint density at radius 3 is 1.00 bits per heavy atom. The molecule has 0 aromatic rings. The van der Waals surface area contributed by atoms with Gasteiger partial charge in [-0.05, 0) is 22.6 Å². The Morgan fingerprint density at radius 2 is 1.00 bits per heavy atom. The van der Waals surface area contributed by atoms with E-state index in [0.717, 1.165) is 0 Å². The zero-order valence-corrected chi connectivity index (χ0v) is 11.7. The number of hydrogen-bond acceptors (Lipinski definition) is 0. The summed E-state index contributed by atoms with van der Waals surface area (Å²) in [5.74, 6) is 0. The molecule has 0 saturated heterocycles. The fraction of sp³-hybridized carbons (Fsp3) is 1.00. The molecule has 0 radical (unpaired) electrons. The van der Waals surface area contributed by atoms with E-state index in [1.54, 1.807) is 0 Å². The lowest BCUT2D eigenvalue weighted by molar-refractivity contribution is 2.11. The monoisotopic (exact) mass is 450 g/mol. The highest BCUT2D eigenvalue weighted by atomic mass is 127. The molecule has 0 amide bonds. The average Bonchev–Trinajstić information content (AvgIpc) is 0.811. The van der Waals surface area contributed by atoms with Gasteiger partial charge in [0.25, 0.3) is 0 Å². The second kappa shape index (κ2) is 15.9. The highest BCUT2D eigenvalue weighted by Gasteiger charge is 1.78. The molecule has 0 N–H and O–H groups in total. The van der Waals surface area contributed by atoms with Crippen LogP contribution in [-0.2, 0) is 0 Å². The molecule has 0 aliphatic heterocycles. The van der Waals surface area contributed by atoms with Crippen molar-refractivity contribution in [2.24, 2.45) is 0 Å². The summed E-state index contributed by atoms with van der Waals surface area (Å²) in [6.45, 7) is 0. The van der Waals surface area contributed by atoms with Gasteiger partial charge < -0.3 is 0 Å². The lowest BCUT2D eigenvalue weighted by Crippen LogP contribution is -1.52. The first-order valence-corrected chi connectivity index (χ1v) is 2.77. The van der Waals surface area contributed by atoms with Crippen LogP contribution in [0.15, 0.2) is 0 Å². The first-order chi connectivity index (χ1) is 1.73. The molecule has 0 aliphatic carbocycles. The minimum Gasteiger partial charge on any atom is -0.114 e. The van der Waals surface area contributed by atoms with Crippen molar-refractivity contribution in [3.63, 3.8) is 0 Å². The maximum absolute atomic E-state index is 5.03. The Kier molecular flexibility index (Phi) is 51.3. The van der Waals surface area contributed by atoms with Gasteiger partial charge in [-0.2, -0.15) is 0 Å². The van der Waals surface area contributed by atoms with Crippen molar-refractivity contribution in [3.8, 4) is 0 Å². The van der Waals surface area contributed by atoms with Crippen LogP contribution in [0.3, 0.4) is 0 Å². The van der Waals surface area contributed by atoms with Gasteiger partial charge in [0.05, 0.1) is 0 Å². The van der Waals surface area contributed by atoms with Crippen LogP contribution in [0.1, 0.15) is 0 Å². The highest BCUT2D eigenvalue weighted by Crippen LogP contribution is 2.08. The normalized spacial score (nSPS) is 5.14. The van der Waals surface area contributed by atoms with Crippen LogP contribution in [0.2, 0.25) is 0 Å². The van der Waals surface area contributed by atoms with Crippen LogP contribution in [0.4, 0.5) is 0 Å². The summed E-state index contributed by atoms with van der Waals surface area (Å²) in [6, 6.07) is 0. The van der Waals surface area contributed by atoms with Gasteiger partial charge in [0.15, 0.2) is 2.84 Å². The molecule has 50 valence electrons. The lowest BCUT2D eigenvalue weighted by Gasteiger charge is -1.70. The zero-order chi connectivity index (χ0) is 3.58. The predicted octanol–water partition coefficient (Wildman–Crippen LogP) is 3.92. The van der Waals surface area contributed by atoms with Crippen LogP contribution < -0.4 is 0 Å². The van der Waals surface area contributed by atoms with E-state index in [9.17, 15) is 0 Å². The first kappa shape index (κ1) is 22.6. The van der Waals surface area contributed by atoms with Gasteiger partial charge in [0, 0.05) is 0 Å². The molecule has 0 spiro atoms. The van der Waals surface area contributed by atoms with Gasteiger partial charge in [-0.15, -0.1) is 50.9 Å². The molecule has 0 heterocycles. The fourth-order valence-corrected chi connectivity index (χ4v) is 0. The summed E-state index contributed by atoms with van der Waals surface area (Å²) in [5, 5.41) is 0. The fourth-order valence-electron chi connectivity index (χ4n) is 0. The van der Waals surface area contributed by atoms with Crippen molar-refractivity contribution >= 4 is 96.7 Å². The maximum Gasteiger partial charge on any atom is 0.158 e. The van der Waals surface area contributed by atoms with Crippen LogP contribution in [0.5, 0.6) is 0 Å². The third-order valence-electron chi connectivity index (χ3n) is 0. The molecule has 7 heavy (non-hydrogen) atoms. The average molecular weight is 454 g/mol. The maximum atomic E-state index is 5.03. The van der Waals surface area contributed by atoms with Crippen molar-refractivity contribution in [2.75, 3.05) is 0 Å². The third kappa shape index (κ3) is 52.7. The largest absolute Gasteiger partial charge is 0.158 e. The Hall–Kier alpha value is 2.75. The summed E-state index contributed by atoms with van der Waals surface area (Å²) < 4.78 is -0.252. The molecular formula is CH4Br3Cl2I. The molecule has 0 nitrogen and oxygen atoms in total. The zero-order valence-electron chi connectivity index (χ0n) is 2.94. The van der Waals surface area contributed by atoms with E-state index < -0.39 is 0 Å². The smallest absolute Gasteiger partial charge is 0.114 e. The second-order valence-electron chi connectivity index (χ2n) is 0.247. The minimum absolute atomic E-state index is 0. The predicted molar refractivity (Wildman–Crippen MR) is 60.5 cm³/mol. The minimum atomic E-state index is -0.252. The molecule has 0 unspecified atom stereocenters. The standard InChI is InChI=1S/CHCl2I.3BrH/c2-1(3)4;;;/h1H;3*1H. The summed E-state index contributed by atoms with van der Waals surface area (Å²) in [4.78, 5) is 0. The summed E-state index contributed by atoms with van der Waals surface area (Å²) in [6.07, 6.45) is 0. The Balaban J connectivity index is -0.0000000150. The lowest BCUT2D eigenvalue weighted by atomic mass is 11.9. The van der Waals surface area contributed by atoms with Gasteiger partial charge in [-0.3, -0.25) is 0 Å².